The van der Waals surface area contributed by atoms with Crippen LogP contribution in [0.1, 0.15) is 24.2 Å². The van der Waals surface area contributed by atoms with Gasteiger partial charge in [0, 0.05) is 37.4 Å². The second-order valence-corrected chi connectivity index (χ2v) is 6.17. The Balaban J connectivity index is 2.65. The van der Waals surface area contributed by atoms with Gasteiger partial charge in [0.25, 0.3) is 11.5 Å². The number of fused-ring (bicyclic) bond motifs is 1. The van der Waals surface area contributed by atoms with E-state index < -0.39 is 11.5 Å². The third-order valence-electron chi connectivity index (χ3n) is 3.73. The van der Waals surface area contributed by atoms with Crippen molar-refractivity contribution in [3.63, 3.8) is 0 Å². The molecule has 0 radical (unpaired) electrons. The topological polar surface area (TPSA) is 109 Å². The van der Waals surface area contributed by atoms with Crippen molar-refractivity contribution in [2.45, 2.75) is 20.4 Å². The van der Waals surface area contributed by atoms with E-state index in [0.29, 0.717) is 23.1 Å². The minimum Gasteiger partial charge on any atom is -0.506 e. The summed E-state index contributed by atoms with van der Waals surface area (Å²) in [5, 5.41) is 16.3. The Hall–Kier alpha value is -2.80. The smallest absolute Gasteiger partial charge is 0.267 e. The number of carbonyl (C=O) groups excluding carboxylic acids is 1. The highest BCUT2D eigenvalue weighted by molar-refractivity contribution is 6.02. The van der Waals surface area contributed by atoms with E-state index in [2.05, 4.69) is 10.6 Å². The fraction of sp³-hybridized carbons (Fsp3) is 0.333. The van der Waals surface area contributed by atoms with Gasteiger partial charge in [0.15, 0.2) is 0 Å². The quantitative estimate of drug-likeness (QED) is 0.628. The van der Waals surface area contributed by atoms with E-state index in [1.807, 2.05) is 13.8 Å². The van der Waals surface area contributed by atoms with Gasteiger partial charge in [-0.1, -0.05) is 26.0 Å². The van der Waals surface area contributed by atoms with E-state index >= 15 is 0 Å². The maximum Gasteiger partial charge on any atom is 0.267 e. The molecule has 0 fully saturated rings. The molecule has 0 saturated carbocycles. The van der Waals surface area contributed by atoms with E-state index in [4.69, 9.17) is 5.73 Å². The highest BCUT2D eigenvalue weighted by atomic mass is 16.3. The standard InChI is InChI=1S/C18H24N4O3/c1-11(2)10-22-14-7-5-4-6-13(14)16(23)15(18(22)25)17(24)21-12(8-19)9-20-3/h4-7,9,11,20,23H,8,10,19H2,1-3H3,(H,21,24)/b12-9+. The molecule has 1 amide bonds. The van der Waals surface area contributed by atoms with Gasteiger partial charge in [-0.3, -0.25) is 9.59 Å². The monoisotopic (exact) mass is 344 g/mol. The number of nitrogens with one attached hydrogen (secondary N) is 2. The van der Waals surface area contributed by atoms with E-state index in [9.17, 15) is 14.7 Å². The largest absolute Gasteiger partial charge is 0.506 e. The van der Waals surface area contributed by atoms with Crippen LogP contribution in [0, 0.1) is 5.92 Å². The van der Waals surface area contributed by atoms with Crippen molar-refractivity contribution in [3.8, 4) is 5.75 Å². The normalized spacial score (nSPS) is 11.8. The van der Waals surface area contributed by atoms with Gasteiger partial charge in [-0.05, 0) is 18.1 Å². The van der Waals surface area contributed by atoms with Crippen molar-refractivity contribution in [1.29, 1.82) is 0 Å². The molecule has 1 aromatic carbocycles. The zero-order chi connectivity index (χ0) is 18.6. The number of hydrogen-bond acceptors (Lipinski definition) is 5. The summed E-state index contributed by atoms with van der Waals surface area (Å²) in [5.41, 5.74) is 5.78. The zero-order valence-electron chi connectivity index (χ0n) is 14.7. The van der Waals surface area contributed by atoms with E-state index in [1.165, 1.54) is 10.8 Å². The fourth-order valence-corrected chi connectivity index (χ4v) is 2.67. The van der Waals surface area contributed by atoms with Gasteiger partial charge in [-0.2, -0.15) is 0 Å². The van der Waals surface area contributed by atoms with Gasteiger partial charge >= 0.3 is 0 Å². The first-order valence-corrected chi connectivity index (χ1v) is 8.12. The summed E-state index contributed by atoms with van der Waals surface area (Å²) in [6, 6.07) is 6.98. The SMILES string of the molecule is CN/C=C(\CN)NC(=O)c1c(O)c2ccccc2n(CC(C)C)c1=O. The van der Waals surface area contributed by atoms with Crippen LogP contribution >= 0.6 is 0 Å². The average Bonchev–Trinajstić information content (AvgIpc) is 2.58. The average molecular weight is 344 g/mol. The summed E-state index contributed by atoms with van der Waals surface area (Å²) < 4.78 is 1.53. The maximum atomic E-state index is 12.9. The number of aromatic hydroxyl groups is 1. The molecule has 0 atom stereocenters. The number of benzene rings is 1. The summed E-state index contributed by atoms with van der Waals surface area (Å²) in [7, 11) is 1.67. The molecule has 134 valence electrons. The Morgan fingerprint density at radius 3 is 2.64 bits per heavy atom. The predicted octanol–water partition coefficient (Wildman–Crippen LogP) is 1.11. The lowest BCUT2D eigenvalue weighted by molar-refractivity contribution is 0.0960. The number of para-hydroxylation sites is 1. The van der Waals surface area contributed by atoms with Gasteiger partial charge in [0.05, 0.1) is 5.52 Å². The van der Waals surface area contributed by atoms with Gasteiger partial charge in [0.1, 0.15) is 11.3 Å². The van der Waals surface area contributed by atoms with Crippen molar-refractivity contribution >= 4 is 16.8 Å². The van der Waals surface area contributed by atoms with Crippen LogP contribution in [-0.4, -0.2) is 29.2 Å². The molecule has 0 unspecified atom stereocenters. The van der Waals surface area contributed by atoms with Crippen LogP contribution in [-0.2, 0) is 6.54 Å². The molecule has 7 nitrogen and oxygen atoms in total. The van der Waals surface area contributed by atoms with Gasteiger partial charge in [0.2, 0.25) is 0 Å². The van der Waals surface area contributed by atoms with Crippen LogP contribution in [0.5, 0.6) is 5.75 Å². The number of hydrogen-bond donors (Lipinski definition) is 4. The number of carbonyl (C=O) groups is 1. The van der Waals surface area contributed by atoms with Crippen LogP contribution < -0.4 is 21.9 Å². The van der Waals surface area contributed by atoms with Crippen molar-refractivity contribution in [1.82, 2.24) is 15.2 Å². The minimum absolute atomic E-state index is 0.0844. The number of nitrogens with two attached hydrogens (primary N) is 1. The Morgan fingerprint density at radius 2 is 2.04 bits per heavy atom. The van der Waals surface area contributed by atoms with Crippen LogP contribution in [0.3, 0.4) is 0 Å². The second-order valence-electron chi connectivity index (χ2n) is 6.17. The molecule has 0 bridgehead atoms. The summed E-state index contributed by atoms with van der Waals surface area (Å²) in [6.07, 6.45) is 1.53. The number of rotatable bonds is 6. The van der Waals surface area contributed by atoms with E-state index in [-0.39, 0.29) is 23.8 Å². The fourth-order valence-electron chi connectivity index (χ4n) is 2.67. The Labute approximate surface area is 146 Å². The number of nitrogens with zero attached hydrogens (tertiary/aromatic N) is 1. The number of amides is 1. The molecule has 7 heteroatoms. The minimum atomic E-state index is -0.683. The summed E-state index contributed by atoms with van der Waals surface area (Å²) >= 11 is 0. The first kappa shape index (κ1) is 18.5. The number of pyridine rings is 1. The van der Waals surface area contributed by atoms with E-state index in [0.717, 1.165) is 0 Å². The Kier molecular flexibility index (Phi) is 5.82. The van der Waals surface area contributed by atoms with Gasteiger partial charge < -0.3 is 26.0 Å². The van der Waals surface area contributed by atoms with Gasteiger partial charge in [-0.15, -0.1) is 0 Å². The lowest BCUT2D eigenvalue weighted by Crippen LogP contribution is -2.35. The first-order valence-electron chi connectivity index (χ1n) is 8.12. The zero-order valence-corrected chi connectivity index (χ0v) is 14.7. The molecule has 2 aromatic rings. The Bertz CT molecular complexity index is 868. The van der Waals surface area contributed by atoms with Crippen LogP contribution in [0.4, 0.5) is 0 Å². The molecule has 0 aliphatic rings. The maximum absolute atomic E-state index is 12.9. The molecule has 2 rings (SSSR count). The molecule has 0 aliphatic carbocycles. The van der Waals surface area contributed by atoms with Crippen molar-refractivity contribution < 1.29 is 9.90 Å². The molecule has 1 aromatic heterocycles. The van der Waals surface area contributed by atoms with Crippen LogP contribution in [0.15, 0.2) is 41.0 Å². The number of aromatic nitrogens is 1. The second kappa shape index (κ2) is 7.85. The molecule has 0 spiro atoms. The molecule has 0 saturated heterocycles. The van der Waals surface area contributed by atoms with Crippen LogP contribution in [0.2, 0.25) is 0 Å². The molecular formula is C18H24N4O3. The van der Waals surface area contributed by atoms with Crippen molar-refractivity contribution in [2.75, 3.05) is 13.6 Å². The van der Waals surface area contributed by atoms with Crippen molar-refractivity contribution in [3.05, 3.63) is 52.1 Å². The third kappa shape index (κ3) is 3.83. The summed E-state index contributed by atoms with van der Waals surface area (Å²) in [5.74, 6) is -0.804. The molecule has 5 N–H and O–H groups in total. The summed E-state index contributed by atoms with van der Waals surface area (Å²) in [6.45, 7) is 4.49. The van der Waals surface area contributed by atoms with Crippen molar-refractivity contribution in [2.24, 2.45) is 11.7 Å². The lowest BCUT2D eigenvalue weighted by atomic mass is 10.1. The first-order chi connectivity index (χ1) is 11.9. The third-order valence-corrected chi connectivity index (χ3v) is 3.73. The lowest BCUT2D eigenvalue weighted by Gasteiger charge is -2.16. The Morgan fingerprint density at radius 1 is 1.36 bits per heavy atom. The molecule has 1 heterocycles. The molecular weight excluding hydrogens is 320 g/mol. The molecule has 25 heavy (non-hydrogen) atoms. The highest BCUT2D eigenvalue weighted by Gasteiger charge is 2.22. The van der Waals surface area contributed by atoms with Gasteiger partial charge in [-0.25, -0.2) is 0 Å². The predicted molar refractivity (Wildman–Crippen MR) is 98.4 cm³/mol. The van der Waals surface area contributed by atoms with Crippen LogP contribution in [0.25, 0.3) is 10.9 Å². The molecule has 0 aliphatic heterocycles. The highest BCUT2D eigenvalue weighted by Crippen LogP contribution is 2.26. The van der Waals surface area contributed by atoms with E-state index in [1.54, 1.807) is 31.3 Å². The summed E-state index contributed by atoms with van der Waals surface area (Å²) in [4.78, 5) is 25.5.